The summed E-state index contributed by atoms with van der Waals surface area (Å²) in [5, 5.41) is 27.9. The van der Waals surface area contributed by atoms with Crippen molar-refractivity contribution in [3.8, 4) is 11.8 Å². The molecule has 4 aliphatic carbocycles. The van der Waals surface area contributed by atoms with Gasteiger partial charge in [0.1, 0.15) is 12.1 Å². The monoisotopic (exact) mass is 439 g/mol. The first kappa shape index (κ1) is 22.1. The van der Waals surface area contributed by atoms with Gasteiger partial charge in [-0.05, 0) is 92.8 Å². The third-order valence-corrected chi connectivity index (χ3v) is 9.75. The van der Waals surface area contributed by atoms with E-state index < -0.39 is 5.60 Å². The number of Topliss-reactive ketones (excluding diaryl/α,β-unsaturated/α-hetero) is 1. The van der Waals surface area contributed by atoms with Crippen LogP contribution in [0.15, 0.2) is 12.4 Å². The van der Waals surface area contributed by atoms with E-state index in [4.69, 9.17) is 5.11 Å². The Labute approximate surface area is 191 Å². The summed E-state index contributed by atoms with van der Waals surface area (Å²) in [5.41, 5.74) is -0.741. The fourth-order valence-electron chi connectivity index (χ4n) is 8.39. The van der Waals surface area contributed by atoms with Crippen molar-refractivity contribution >= 4 is 5.78 Å². The van der Waals surface area contributed by atoms with Gasteiger partial charge in [0.15, 0.2) is 5.78 Å². The normalized spacial score (nSPS) is 42.8. The molecule has 0 bridgehead atoms. The van der Waals surface area contributed by atoms with Crippen LogP contribution in [0.4, 0.5) is 0 Å². The number of aromatic nitrogens is 3. The molecule has 4 aliphatic rings. The van der Waals surface area contributed by atoms with Crippen LogP contribution in [0.3, 0.4) is 0 Å². The van der Waals surface area contributed by atoms with E-state index in [2.05, 4.69) is 29.1 Å². The lowest BCUT2D eigenvalue weighted by molar-refractivity contribution is -0.132. The number of carbonyl (C=O) groups excluding carboxylic acids is 1. The molecule has 1 heterocycles. The van der Waals surface area contributed by atoms with Crippen LogP contribution < -0.4 is 0 Å². The molecule has 0 amide bonds. The average Bonchev–Trinajstić information content (AvgIpc) is 3.40. The Morgan fingerprint density at radius 2 is 1.97 bits per heavy atom. The van der Waals surface area contributed by atoms with E-state index in [1.807, 2.05) is 0 Å². The Balaban J connectivity index is 1.27. The SMILES string of the molecule is C[C@]12CCC3[C@H]4CC[C@](O)(C#CCCO)CC4CC[C@H]3[C@@H]1CC[C@@H]2C(=O)Cn1ccnn1. The lowest BCUT2D eigenvalue weighted by atomic mass is 9.49. The third kappa shape index (κ3) is 3.82. The number of ketones is 1. The maximum absolute atomic E-state index is 13.2. The van der Waals surface area contributed by atoms with Crippen molar-refractivity contribution in [2.24, 2.45) is 40.9 Å². The first-order valence-corrected chi connectivity index (χ1v) is 12.6. The highest BCUT2D eigenvalue weighted by Crippen LogP contribution is 2.64. The number of rotatable bonds is 4. The highest BCUT2D eigenvalue weighted by Gasteiger charge is 2.58. The van der Waals surface area contributed by atoms with Gasteiger partial charge in [0.2, 0.25) is 0 Å². The quantitative estimate of drug-likeness (QED) is 0.703. The van der Waals surface area contributed by atoms with Crippen molar-refractivity contribution < 1.29 is 15.0 Å². The minimum atomic E-state index is -0.863. The fourth-order valence-corrected chi connectivity index (χ4v) is 8.39. The second kappa shape index (κ2) is 8.57. The summed E-state index contributed by atoms with van der Waals surface area (Å²) in [4.78, 5) is 13.2. The topological polar surface area (TPSA) is 88.2 Å². The largest absolute Gasteiger partial charge is 0.395 e. The molecule has 2 unspecified atom stereocenters. The lowest BCUT2D eigenvalue weighted by Crippen LogP contribution is -2.51. The summed E-state index contributed by atoms with van der Waals surface area (Å²) in [6.45, 7) is 2.80. The van der Waals surface area contributed by atoms with Crippen molar-refractivity contribution in [2.75, 3.05) is 6.61 Å². The zero-order valence-electron chi connectivity index (χ0n) is 19.2. The van der Waals surface area contributed by atoms with Gasteiger partial charge in [0.25, 0.3) is 0 Å². The van der Waals surface area contributed by atoms with Gasteiger partial charge < -0.3 is 10.2 Å². The van der Waals surface area contributed by atoms with Gasteiger partial charge in [-0.3, -0.25) is 4.79 Å². The van der Waals surface area contributed by atoms with Crippen molar-refractivity contribution in [3.63, 3.8) is 0 Å². The Bertz CT molecular complexity index is 890. The smallest absolute Gasteiger partial charge is 0.157 e. The molecule has 6 heteroatoms. The summed E-state index contributed by atoms with van der Waals surface area (Å²) >= 11 is 0. The molecule has 0 saturated heterocycles. The molecule has 1 aromatic rings. The number of aliphatic hydroxyl groups is 2. The van der Waals surface area contributed by atoms with Gasteiger partial charge in [0.05, 0.1) is 12.8 Å². The van der Waals surface area contributed by atoms with Crippen LogP contribution in [-0.4, -0.2) is 43.2 Å². The molecule has 174 valence electrons. The van der Waals surface area contributed by atoms with Crippen molar-refractivity contribution in [1.29, 1.82) is 0 Å². The third-order valence-electron chi connectivity index (χ3n) is 9.75. The minimum Gasteiger partial charge on any atom is -0.395 e. The van der Waals surface area contributed by atoms with Gasteiger partial charge in [-0.25, -0.2) is 4.68 Å². The molecule has 8 atom stereocenters. The number of aliphatic hydroxyl groups excluding tert-OH is 1. The van der Waals surface area contributed by atoms with Gasteiger partial charge >= 0.3 is 0 Å². The summed E-state index contributed by atoms with van der Waals surface area (Å²) in [6.07, 6.45) is 13.5. The van der Waals surface area contributed by atoms with E-state index in [-0.39, 0.29) is 17.9 Å². The first-order chi connectivity index (χ1) is 15.4. The number of carbonyl (C=O) groups is 1. The van der Waals surface area contributed by atoms with Crippen LogP contribution in [0.5, 0.6) is 0 Å². The number of fused-ring (bicyclic) bond motifs is 5. The maximum Gasteiger partial charge on any atom is 0.157 e. The Morgan fingerprint density at radius 1 is 1.12 bits per heavy atom. The Hall–Kier alpha value is -1.71. The number of hydrogen-bond acceptors (Lipinski definition) is 5. The maximum atomic E-state index is 13.2. The van der Waals surface area contributed by atoms with E-state index in [0.717, 1.165) is 43.9 Å². The zero-order chi connectivity index (χ0) is 22.3. The molecular weight excluding hydrogens is 402 g/mol. The second-order valence-corrected chi connectivity index (χ2v) is 11.2. The molecule has 0 spiro atoms. The molecule has 4 saturated carbocycles. The molecule has 0 aromatic carbocycles. The molecule has 0 aliphatic heterocycles. The highest BCUT2D eigenvalue weighted by molar-refractivity contribution is 5.82. The molecule has 5 rings (SSSR count). The summed E-state index contributed by atoms with van der Waals surface area (Å²) in [7, 11) is 0. The van der Waals surface area contributed by atoms with Crippen LogP contribution in [0.1, 0.15) is 71.1 Å². The van der Waals surface area contributed by atoms with E-state index in [9.17, 15) is 9.90 Å². The second-order valence-electron chi connectivity index (χ2n) is 11.2. The van der Waals surface area contributed by atoms with Gasteiger partial charge in [-0.15, -0.1) is 5.10 Å². The zero-order valence-corrected chi connectivity index (χ0v) is 19.2. The Kier molecular flexibility index (Phi) is 5.92. The summed E-state index contributed by atoms with van der Waals surface area (Å²) in [6, 6.07) is 0. The van der Waals surface area contributed by atoms with Gasteiger partial charge in [0, 0.05) is 18.5 Å². The van der Waals surface area contributed by atoms with Crippen LogP contribution in [0, 0.1) is 52.8 Å². The molecule has 6 nitrogen and oxygen atoms in total. The van der Waals surface area contributed by atoms with Crippen LogP contribution >= 0.6 is 0 Å². The first-order valence-electron chi connectivity index (χ1n) is 12.6. The average molecular weight is 440 g/mol. The number of nitrogens with zero attached hydrogens (tertiary/aromatic N) is 3. The van der Waals surface area contributed by atoms with E-state index in [0.29, 0.717) is 36.5 Å². The van der Waals surface area contributed by atoms with E-state index in [1.165, 1.54) is 25.7 Å². The standard InChI is InChI=1S/C26H37N3O3/c1-25-11-8-20-19-9-12-26(32,10-2-3-15-30)16-18(19)4-5-21(20)22(25)6-7-23(25)24(31)17-29-14-13-27-28-29/h13-14,18-23,30,32H,3-9,11-12,15-17H2,1H3/t18?,19-,20?,21+,22-,23+,25-,26+/m0/s1. The van der Waals surface area contributed by atoms with Crippen molar-refractivity contribution in [3.05, 3.63) is 12.4 Å². The molecule has 0 radical (unpaired) electrons. The predicted molar refractivity (Wildman–Crippen MR) is 120 cm³/mol. The van der Waals surface area contributed by atoms with Gasteiger partial charge in [-0.2, -0.15) is 0 Å². The molecule has 1 aromatic heterocycles. The van der Waals surface area contributed by atoms with E-state index in [1.54, 1.807) is 17.1 Å². The predicted octanol–water partition coefficient (Wildman–Crippen LogP) is 3.23. The Morgan fingerprint density at radius 3 is 2.75 bits per heavy atom. The fraction of sp³-hybridized carbons (Fsp3) is 0.808. The molecule has 32 heavy (non-hydrogen) atoms. The highest BCUT2D eigenvalue weighted by atomic mass is 16.3. The van der Waals surface area contributed by atoms with E-state index >= 15 is 0 Å². The molecule has 4 fully saturated rings. The summed E-state index contributed by atoms with van der Waals surface area (Å²) in [5.74, 6) is 9.91. The summed E-state index contributed by atoms with van der Waals surface area (Å²) < 4.78 is 1.67. The lowest BCUT2D eigenvalue weighted by Gasteiger charge is -2.56. The van der Waals surface area contributed by atoms with Crippen molar-refractivity contribution in [1.82, 2.24) is 15.0 Å². The van der Waals surface area contributed by atoms with Gasteiger partial charge in [-0.1, -0.05) is 24.0 Å². The minimum absolute atomic E-state index is 0.0569. The van der Waals surface area contributed by atoms with Crippen molar-refractivity contribution in [2.45, 2.75) is 83.3 Å². The molecule has 2 N–H and O–H groups in total. The molecular formula is C26H37N3O3. The van der Waals surface area contributed by atoms with Crippen LogP contribution in [-0.2, 0) is 11.3 Å². The van der Waals surface area contributed by atoms with Crippen LogP contribution in [0.25, 0.3) is 0 Å². The van der Waals surface area contributed by atoms with Crippen LogP contribution in [0.2, 0.25) is 0 Å². The number of hydrogen-bond donors (Lipinski definition) is 2.